The smallest absolute Gasteiger partial charge is 0.261 e. The van der Waals surface area contributed by atoms with Crippen LogP contribution >= 0.6 is 11.6 Å². The van der Waals surface area contributed by atoms with Crippen LogP contribution in [0.5, 0.6) is 0 Å². The molecular formula is C15H16ClNO3S. The van der Waals surface area contributed by atoms with E-state index in [1.54, 1.807) is 31.2 Å². The highest BCUT2D eigenvalue weighted by Gasteiger charge is 2.18. The Kier molecular flexibility index (Phi) is 4.56. The van der Waals surface area contributed by atoms with Crippen LogP contribution < -0.4 is 4.72 Å². The number of hydrogen-bond acceptors (Lipinski definition) is 3. The molecule has 4 nitrogen and oxygen atoms in total. The van der Waals surface area contributed by atoms with Crippen molar-refractivity contribution in [2.45, 2.75) is 25.3 Å². The molecule has 21 heavy (non-hydrogen) atoms. The summed E-state index contributed by atoms with van der Waals surface area (Å²) in [6.07, 6.45) is 0. The number of aliphatic hydroxyl groups is 1. The highest BCUT2D eigenvalue weighted by atomic mass is 35.5. The van der Waals surface area contributed by atoms with Crippen LogP contribution in [-0.2, 0) is 16.6 Å². The molecule has 0 bridgehead atoms. The van der Waals surface area contributed by atoms with Gasteiger partial charge in [0.1, 0.15) is 0 Å². The zero-order chi connectivity index (χ0) is 15.6. The van der Waals surface area contributed by atoms with Gasteiger partial charge in [-0.25, -0.2) is 8.42 Å². The molecule has 0 atom stereocenters. The van der Waals surface area contributed by atoms with Gasteiger partial charge in [0.2, 0.25) is 0 Å². The molecule has 6 heteroatoms. The van der Waals surface area contributed by atoms with Crippen molar-refractivity contribution in [3.63, 3.8) is 0 Å². The number of hydrogen-bond donors (Lipinski definition) is 2. The number of anilines is 1. The lowest BCUT2D eigenvalue weighted by Gasteiger charge is -2.13. The lowest BCUT2D eigenvalue weighted by molar-refractivity contribution is 0.281. The normalized spacial score (nSPS) is 11.4. The maximum Gasteiger partial charge on any atom is 0.261 e. The van der Waals surface area contributed by atoms with Crippen molar-refractivity contribution < 1.29 is 13.5 Å². The third-order valence-corrected chi connectivity index (χ3v) is 4.92. The van der Waals surface area contributed by atoms with Crippen molar-refractivity contribution in [3.8, 4) is 0 Å². The monoisotopic (exact) mass is 325 g/mol. The maximum atomic E-state index is 12.4. The third-order valence-electron chi connectivity index (χ3n) is 3.26. The molecule has 2 N–H and O–H groups in total. The standard InChI is InChI=1S/C15H16ClNO3S/c1-10-6-7-13(8-12(10)9-18)21(19,20)17-15-11(2)4-3-5-14(15)16/h3-8,17-18H,9H2,1-2H3. The van der Waals surface area contributed by atoms with E-state index in [4.69, 9.17) is 11.6 Å². The summed E-state index contributed by atoms with van der Waals surface area (Å²) in [4.78, 5) is 0.0940. The molecule has 0 aromatic heterocycles. The first kappa shape index (κ1) is 15.8. The maximum absolute atomic E-state index is 12.4. The van der Waals surface area contributed by atoms with Gasteiger partial charge in [-0.15, -0.1) is 0 Å². The van der Waals surface area contributed by atoms with Crippen molar-refractivity contribution in [1.29, 1.82) is 0 Å². The summed E-state index contributed by atoms with van der Waals surface area (Å²) in [5.41, 5.74) is 2.52. The van der Waals surface area contributed by atoms with Gasteiger partial charge in [0, 0.05) is 0 Å². The minimum atomic E-state index is -3.75. The Morgan fingerprint density at radius 3 is 2.48 bits per heavy atom. The molecule has 0 fully saturated rings. The van der Waals surface area contributed by atoms with Crippen molar-refractivity contribution in [3.05, 3.63) is 58.1 Å². The zero-order valence-corrected chi connectivity index (χ0v) is 13.3. The second kappa shape index (κ2) is 6.05. The van der Waals surface area contributed by atoms with E-state index in [1.165, 1.54) is 12.1 Å². The van der Waals surface area contributed by atoms with Crippen LogP contribution in [0, 0.1) is 13.8 Å². The summed E-state index contributed by atoms with van der Waals surface area (Å²) in [6.45, 7) is 3.38. The molecule has 2 rings (SSSR count). The van der Waals surface area contributed by atoms with Crippen molar-refractivity contribution in [2.75, 3.05) is 4.72 Å². The molecule has 2 aromatic carbocycles. The molecule has 0 aliphatic rings. The van der Waals surface area contributed by atoms with E-state index in [2.05, 4.69) is 4.72 Å². The van der Waals surface area contributed by atoms with Crippen LogP contribution in [0.25, 0.3) is 0 Å². The number of benzene rings is 2. The van der Waals surface area contributed by atoms with Gasteiger partial charge in [-0.2, -0.15) is 0 Å². The fraction of sp³-hybridized carbons (Fsp3) is 0.200. The number of aryl methyl sites for hydroxylation is 2. The first-order valence-electron chi connectivity index (χ1n) is 6.33. The molecule has 0 radical (unpaired) electrons. The molecule has 0 heterocycles. The Labute approximate surface area is 129 Å². The quantitative estimate of drug-likeness (QED) is 0.906. The summed E-state index contributed by atoms with van der Waals surface area (Å²) in [5.74, 6) is 0. The van der Waals surface area contributed by atoms with Crippen molar-refractivity contribution >= 4 is 27.3 Å². The molecule has 0 aliphatic carbocycles. The lowest BCUT2D eigenvalue weighted by atomic mass is 10.1. The minimum Gasteiger partial charge on any atom is -0.392 e. The van der Waals surface area contributed by atoms with Crippen molar-refractivity contribution in [2.24, 2.45) is 0 Å². The SMILES string of the molecule is Cc1ccc(S(=O)(=O)Nc2c(C)cccc2Cl)cc1CO. The first-order chi connectivity index (χ1) is 9.85. The highest BCUT2D eigenvalue weighted by Crippen LogP contribution is 2.28. The van der Waals surface area contributed by atoms with Crippen LogP contribution in [0.1, 0.15) is 16.7 Å². The average Bonchev–Trinajstić information content (AvgIpc) is 2.43. The summed E-state index contributed by atoms with van der Waals surface area (Å²) >= 11 is 6.04. The summed E-state index contributed by atoms with van der Waals surface area (Å²) in [7, 11) is -3.75. The largest absolute Gasteiger partial charge is 0.392 e. The van der Waals surface area contributed by atoms with E-state index in [9.17, 15) is 13.5 Å². The van der Waals surface area contributed by atoms with Gasteiger partial charge in [-0.1, -0.05) is 29.8 Å². The van der Waals surface area contributed by atoms with E-state index in [0.29, 0.717) is 16.3 Å². The highest BCUT2D eigenvalue weighted by molar-refractivity contribution is 7.92. The van der Waals surface area contributed by atoms with E-state index in [-0.39, 0.29) is 11.5 Å². The Balaban J connectivity index is 2.44. The molecule has 0 aliphatic heterocycles. The van der Waals surface area contributed by atoms with Gasteiger partial charge < -0.3 is 5.11 Å². The molecular weight excluding hydrogens is 310 g/mol. The Hall–Kier alpha value is -1.56. The molecule has 0 saturated heterocycles. The number of nitrogens with one attached hydrogen (secondary N) is 1. The predicted molar refractivity (Wildman–Crippen MR) is 84.1 cm³/mol. The number of rotatable bonds is 4. The van der Waals surface area contributed by atoms with E-state index in [0.717, 1.165) is 11.1 Å². The van der Waals surface area contributed by atoms with Crippen LogP contribution in [0.2, 0.25) is 5.02 Å². The first-order valence-corrected chi connectivity index (χ1v) is 8.19. The Bertz CT molecular complexity index is 752. The molecule has 112 valence electrons. The van der Waals surface area contributed by atoms with Crippen LogP contribution in [-0.4, -0.2) is 13.5 Å². The second-order valence-corrected chi connectivity index (χ2v) is 6.87. The van der Waals surface area contributed by atoms with Gasteiger partial charge in [0.25, 0.3) is 10.0 Å². The number of aliphatic hydroxyl groups excluding tert-OH is 1. The number of halogens is 1. The fourth-order valence-corrected chi connectivity index (χ4v) is 3.47. The third kappa shape index (κ3) is 3.37. The van der Waals surface area contributed by atoms with Gasteiger partial charge in [0.15, 0.2) is 0 Å². The van der Waals surface area contributed by atoms with Crippen LogP contribution in [0.3, 0.4) is 0 Å². The van der Waals surface area contributed by atoms with Crippen LogP contribution in [0.4, 0.5) is 5.69 Å². The fourth-order valence-electron chi connectivity index (χ4n) is 1.94. The molecule has 0 amide bonds. The summed E-state index contributed by atoms with van der Waals surface area (Å²) in [5, 5.41) is 9.59. The van der Waals surface area contributed by atoms with E-state index in [1.807, 2.05) is 6.92 Å². The molecule has 2 aromatic rings. The van der Waals surface area contributed by atoms with Gasteiger partial charge in [-0.3, -0.25) is 4.72 Å². The van der Waals surface area contributed by atoms with Gasteiger partial charge >= 0.3 is 0 Å². The predicted octanol–water partition coefficient (Wildman–Crippen LogP) is 3.25. The van der Waals surface area contributed by atoms with E-state index < -0.39 is 10.0 Å². The number of para-hydroxylation sites is 1. The van der Waals surface area contributed by atoms with Gasteiger partial charge in [0.05, 0.1) is 22.2 Å². The second-order valence-electron chi connectivity index (χ2n) is 4.78. The Morgan fingerprint density at radius 2 is 1.86 bits per heavy atom. The topological polar surface area (TPSA) is 66.4 Å². The van der Waals surface area contributed by atoms with Crippen molar-refractivity contribution in [1.82, 2.24) is 0 Å². The number of sulfonamides is 1. The average molecular weight is 326 g/mol. The van der Waals surface area contributed by atoms with Crippen LogP contribution in [0.15, 0.2) is 41.3 Å². The van der Waals surface area contributed by atoms with Gasteiger partial charge in [-0.05, 0) is 48.7 Å². The van der Waals surface area contributed by atoms with E-state index >= 15 is 0 Å². The molecule has 0 spiro atoms. The molecule has 0 saturated carbocycles. The summed E-state index contributed by atoms with van der Waals surface area (Å²) in [6, 6.07) is 9.79. The molecule has 0 unspecified atom stereocenters. The Morgan fingerprint density at radius 1 is 1.14 bits per heavy atom. The minimum absolute atomic E-state index is 0.0940. The lowest BCUT2D eigenvalue weighted by Crippen LogP contribution is -2.14. The summed E-state index contributed by atoms with van der Waals surface area (Å²) < 4.78 is 27.4. The zero-order valence-electron chi connectivity index (χ0n) is 11.7.